The molecule has 0 aliphatic carbocycles. The van der Waals surface area contributed by atoms with Gasteiger partial charge in [-0.05, 0) is 24.5 Å². The minimum Gasteiger partial charge on any atom is -0.481 e. The molecule has 1 aromatic heterocycles. The molecule has 0 radical (unpaired) electrons. The highest BCUT2D eigenvalue weighted by molar-refractivity contribution is 5.97. The summed E-state index contributed by atoms with van der Waals surface area (Å²) in [5.74, 6) is -2.49. The van der Waals surface area contributed by atoms with Crippen LogP contribution in [0.4, 0.5) is 0 Å². The SMILES string of the molecule is CCN(Cc1ccccn1)C(=O)C(C(=O)O)C(C)(C)C. The van der Waals surface area contributed by atoms with Gasteiger partial charge in [-0.25, -0.2) is 0 Å². The summed E-state index contributed by atoms with van der Waals surface area (Å²) in [6.45, 7) is 7.91. The summed E-state index contributed by atoms with van der Waals surface area (Å²) in [6.07, 6.45) is 1.66. The van der Waals surface area contributed by atoms with Crippen LogP contribution in [0.15, 0.2) is 24.4 Å². The molecule has 5 nitrogen and oxygen atoms in total. The molecule has 1 amide bonds. The van der Waals surface area contributed by atoms with Gasteiger partial charge in [-0.15, -0.1) is 0 Å². The number of rotatable bonds is 5. The molecule has 0 aliphatic rings. The highest BCUT2D eigenvalue weighted by Crippen LogP contribution is 2.28. The number of hydrogen-bond donors (Lipinski definition) is 1. The van der Waals surface area contributed by atoms with Gasteiger partial charge in [-0.1, -0.05) is 26.8 Å². The van der Waals surface area contributed by atoms with Gasteiger partial charge in [-0.3, -0.25) is 14.6 Å². The molecule has 0 aliphatic heterocycles. The van der Waals surface area contributed by atoms with Gasteiger partial charge in [0.2, 0.25) is 5.91 Å². The molecule has 1 rings (SSSR count). The summed E-state index contributed by atoms with van der Waals surface area (Å²) in [6, 6.07) is 5.47. The first-order valence-corrected chi connectivity index (χ1v) is 6.69. The van der Waals surface area contributed by atoms with Crippen molar-refractivity contribution in [2.24, 2.45) is 11.3 Å². The number of pyridine rings is 1. The number of hydrogen-bond acceptors (Lipinski definition) is 3. The molecule has 1 atom stereocenters. The summed E-state index contributed by atoms with van der Waals surface area (Å²) < 4.78 is 0. The number of carbonyl (C=O) groups excluding carboxylic acids is 1. The maximum atomic E-state index is 12.5. The zero-order chi connectivity index (χ0) is 15.3. The van der Waals surface area contributed by atoms with E-state index in [1.165, 1.54) is 4.90 Å². The Bertz CT molecular complexity index is 466. The number of aromatic nitrogens is 1. The number of nitrogens with zero attached hydrogens (tertiary/aromatic N) is 2. The largest absolute Gasteiger partial charge is 0.481 e. The minimum absolute atomic E-state index is 0.329. The lowest BCUT2D eigenvalue weighted by Gasteiger charge is -2.31. The van der Waals surface area contributed by atoms with Gasteiger partial charge < -0.3 is 10.0 Å². The van der Waals surface area contributed by atoms with Crippen LogP contribution in [0.1, 0.15) is 33.4 Å². The molecule has 0 saturated carbocycles. The Hall–Kier alpha value is -1.91. The van der Waals surface area contributed by atoms with Crippen LogP contribution in [-0.2, 0) is 16.1 Å². The van der Waals surface area contributed by atoms with E-state index in [2.05, 4.69) is 4.98 Å². The fourth-order valence-corrected chi connectivity index (χ4v) is 2.06. The fourth-order valence-electron chi connectivity index (χ4n) is 2.06. The lowest BCUT2D eigenvalue weighted by atomic mass is 9.80. The fraction of sp³-hybridized carbons (Fsp3) is 0.533. The van der Waals surface area contributed by atoms with Crippen LogP contribution in [0.3, 0.4) is 0 Å². The second kappa shape index (κ2) is 6.50. The van der Waals surface area contributed by atoms with E-state index in [9.17, 15) is 14.7 Å². The van der Waals surface area contributed by atoms with Crippen LogP contribution in [0.5, 0.6) is 0 Å². The predicted molar refractivity (Wildman–Crippen MR) is 75.9 cm³/mol. The number of carbonyl (C=O) groups is 2. The lowest BCUT2D eigenvalue weighted by Crippen LogP contribution is -2.44. The Morgan fingerprint density at radius 2 is 2.00 bits per heavy atom. The quantitative estimate of drug-likeness (QED) is 0.838. The molecule has 0 fully saturated rings. The number of carboxylic acid groups (broad SMARTS) is 1. The second-order valence-corrected chi connectivity index (χ2v) is 5.81. The summed E-state index contributed by atoms with van der Waals surface area (Å²) in [7, 11) is 0. The highest BCUT2D eigenvalue weighted by Gasteiger charge is 2.39. The molecule has 1 heterocycles. The topological polar surface area (TPSA) is 70.5 Å². The highest BCUT2D eigenvalue weighted by atomic mass is 16.4. The maximum Gasteiger partial charge on any atom is 0.316 e. The third-order valence-corrected chi connectivity index (χ3v) is 3.13. The average molecular weight is 278 g/mol. The van der Waals surface area contributed by atoms with Crippen molar-refractivity contribution in [1.82, 2.24) is 9.88 Å². The van der Waals surface area contributed by atoms with Gasteiger partial charge in [0.1, 0.15) is 5.92 Å². The van der Waals surface area contributed by atoms with Crippen LogP contribution in [0, 0.1) is 11.3 Å². The lowest BCUT2D eigenvalue weighted by molar-refractivity contribution is -0.156. The van der Waals surface area contributed by atoms with Crippen molar-refractivity contribution in [3.63, 3.8) is 0 Å². The molecule has 0 spiro atoms. The Morgan fingerprint density at radius 3 is 2.40 bits per heavy atom. The predicted octanol–water partition coefficient (Wildman–Crippen LogP) is 2.18. The maximum absolute atomic E-state index is 12.5. The Balaban J connectivity index is 2.93. The number of amides is 1. The van der Waals surface area contributed by atoms with E-state index in [4.69, 9.17) is 0 Å². The molecule has 1 unspecified atom stereocenters. The molecule has 20 heavy (non-hydrogen) atoms. The smallest absolute Gasteiger partial charge is 0.316 e. The zero-order valence-corrected chi connectivity index (χ0v) is 12.5. The van der Waals surface area contributed by atoms with Crippen molar-refractivity contribution in [2.75, 3.05) is 6.54 Å². The normalized spacial score (nSPS) is 12.8. The van der Waals surface area contributed by atoms with Crippen molar-refractivity contribution >= 4 is 11.9 Å². The van der Waals surface area contributed by atoms with Gasteiger partial charge in [0.25, 0.3) is 0 Å². The molecule has 1 aromatic rings. The molecule has 0 saturated heterocycles. The first-order valence-electron chi connectivity index (χ1n) is 6.69. The Labute approximate surface area is 119 Å². The van der Waals surface area contributed by atoms with Crippen LogP contribution in [-0.4, -0.2) is 33.4 Å². The molecule has 0 bridgehead atoms. The summed E-state index contributed by atoms with van der Waals surface area (Å²) in [5.41, 5.74) is 0.126. The molecular weight excluding hydrogens is 256 g/mol. The monoisotopic (exact) mass is 278 g/mol. The van der Waals surface area contributed by atoms with Crippen molar-refractivity contribution in [1.29, 1.82) is 0 Å². The van der Waals surface area contributed by atoms with Gasteiger partial charge in [-0.2, -0.15) is 0 Å². The van der Waals surface area contributed by atoms with E-state index in [1.807, 2.05) is 19.1 Å². The zero-order valence-electron chi connectivity index (χ0n) is 12.5. The molecule has 110 valence electrons. The van der Waals surface area contributed by atoms with Crippen LogP contribution in [0.2, 0.25) is 0 Å². The Morgan fingerprint density at radius 1 is 1.35 bits per heavy atom. The van der Waals surface area contributed by atoms with Gasteiger partial charge in [0.05, 0.1) is 12.2 Å². The van der Waals surface area contributed by atoms with E-state index in [0.29, 0.717) is 13.1 Å². The second-order valence-electron chi connectivity index (χ2n) is 5.81. The molecule has 5 heteroatoms. The van der Waals surface area contributed by atoms with E-state index in [0.717, 1.165) is 5.69 Å². The standard InChI is InChI=1S/C15H22N2O3/c1-5-17(10-11-8-6-7-9-16-11)13(18)12(14(19)20)15(2,3)4/h6-9,12H,5,10H2,1-4H3,(H,19,20). The molecule has 1 N–H and O–H groups in total. The van der Waals surface area contributed by atoms with Crippen molar-refractivity contribution in [2.45, 2.75) is 34.2 Å². The minimum atomic E-state index is -1.08. The van der Waals surface area contributed by atoms with Gasteiger partial charge >= 0.3 is 5.97 Å². The third kappa shape index (κ3) is 4.05. The van der Waals surface area contributed by atoms with E-state index in [-0.39, 0.29) is 5.91 Å². The molecular formula is C15H22N2O3. The first-order chi connectivity index (χ1) is 9.27. The molecule has 0 aromatic carbocycles. The van der Waals surface area contributed by atoms with E-state index >= 15 is 0 Å². The summed E-state index contributed by atoms with van der Waals surface area (Å²) >= 11 is 0. The summed E-state index contributed by atoms with van der Waals surface area (Å²) in [5, 5.41) is 9.33. The van der Waals surface area contributed by atoms with Crippen LogP contribution < -0.4 is 0 Å². The average Bonchev–Trinajstić information content (AvgIpc) is 2.34. The van der Waals surface area contributed by atoms with Crippen LogP contribution in [0.25, 0.3) is 0 Å². The van der Waals surface area contributed by atoms with Gasteiger partial charge in [0, 0.05) is 12.7 Å². The Kier molecular flexibility index (Phi) is 5.25. The number of carboxylic acids is 1. The van der Waals surface area contributed by atoms with E-state index < -0.39 is 17.3 Å². The van der Waals surface area contributed by atoms with Crippen molar-refractivity contribution in [3.8, 4) is 0 Å². The third-order valence-electron chi connectivity index (χ3n) is 3.13. The van der Waals surface area contributed by atoms with Gasteiger partial charge in [0.15, 0.2) is 0 Å². The summed E-state index contributed by atoms with van der Waals surface area (Å²) in [4.78, 5) is 29.6. The van der Waals surface area contributed by atoms with E-state index in [1.54, 1.807) is 33.0 Å². The van der Waals surface area contributed by atoms with Crippen LogP contribution >= 0.6 is 0 Å². The number of aliphatic carboxylic acids is 1. The first kappa shape index (κ1) is 16.1. The van der Waals surface area contributed by atoms with Crippen molar-refractivity contribution < 1.29 is 14.7 Å². The van der Waals surface area contributed by atoms with Crippen molar-refractivity contribution in [3.05, 3.63) is 30.1 Å².